The van der Waals surface area contributed by atoms with Crippen molar-refractivity contribution in [1.82, 2.24) is 15.5 Å². The molecule has 1 atom stereocenters. The van der Waals surface area contributed by atoms with E-state index < -0.39 is 17.4 Å². The van der Waals surface area contributed by atoms with Crippen molar-refractivity contribution in [3.8, 4) is 0 Å². The standard InChI is InChI=1S/C7H8ClF2N3O2/c8-7(9,10)6-12-5(13-15-6)4-3-11-1-2-14-4/h4,11H,1-3H2. The van der Waals surface area contributed by atoms with Gasteiger partial charge >= 0.3 is 11.3 Å². The fourth-order valence-corrected chi connectivity index (χ4v) is 1.29. The smallest absolute Gasteiger partial charge is 0.367 e. The molecule has 8 heteroatoms. The molecule has 1 fully saturated rings. The van der Waals surface area contributed by atoms with Crippen LogP contribution in [0.1, 0.15) is 17.8 Å². The Labute approximate surface area is 88.7 Å². The van der Waals surface area contributed by atoms with E-state index in [1.165, 1.54) is 0 Å². The minimum Gasteiger partial charge on any atom is -0.367 e. The first kappa shape index (κ1) is 10.7. The molecule has 2 rings (SSSR count). The Morgan fingerprint density at radius 3 is 2.87 bits per heavy atom. The van der Waals surface area contributed by atoms with E-state index >= 15 is 0 Å². The van der Waals surface area contributed by atoms with E-state index in [2.05, 4.69) is 20.0 Å². The first-order chi connectivity index (χ1) is 7.07. The van der Waals surface area contributed by atoms with Crippen molar-refractivity contribution in [2.75, 3.05) is 19.7 Å². The fraction of sp³-hybridized carbons (Fsp3) is 0.714. The summed E-state index contributed by atoms with van der Waals surface area (Å²) < 4.78 is 34.7. The van der Waals surface area contributed by atoms with Crippen LogP contribution < -0.4 is 5.32 Å². The number of hydrogen-bond acceptors (Lipinski definition) is 5. The lowest BCUT2D eigenvalue weighted by molar-refractivity contribution is 0.0208. The molecule has 1 aliphatic rings. The van der Waals surface area contributed by atoms with Gasteiger partial charge in [-0.3, -0.25) is 0 Å². The van der Waals surface area contributed by atoms with Gasteiger partial charge in [-0.1, -0.05) is 5.16 Å². The molecule has 1 aromatic rings. The van der Waals surface area contributed by atoms with Crippen molar-refractivity contribution < 1.29 is 18.0 Å². The van der Waals surface area contributed by atoms with Crippen molar-refractivity contribution in [3.63, 3.8) is 0 Å². The lowest BCUT2D eigenvalue weighted by Crippen LogP contribution is -2.33. The van der Waals surface area contributed by atoms with E-state index in [4.69, 9.17) is 16.3 Å². The van der Waals surface area contributed by atoms with E-state index in [0.29, 0.717) is 19.7 Å². The largest absolute Gasteiger partial charge is 0.400 e. The number of rotatable bonds is 2. The van der Waals surface area contributed by atoms with Gasteiger partial charge in [-0.05, 0) is 11.6 Å². The molecule has 84 valence electrons. The van der Waals surface area contributed by atoms with E-state index in [1.54, 1.807) is 0 Å². The number of nitrogens with one attached hydrogen (secondary N) is 1. The van der Waals surface area contributed by atoms with Crippen molar-refractivity contribution in [2.24, 2.45) is 0 Å². The van der Waals surface area contributed by atoms with Gasteiger partial charge in [0.1, 0.15) is 6.10 Å². The number of hydrogen-bond donors (Lipinski definition) is 1. The summed E-state index contributed by atoms with van der Waals surface area (Å²) in [7, 11) is 0. The highest BCUT2D eigenvalue weighted by molar-refractivity contribution is 6.21. The number of ether oxygens (including phenoxy) is 1. The summed E-state index contributed by atoms with van der Waals surface area (Å²) in [6.07, 6.45) is -0.463. The molecule has 0 amide bonds. The minimum absolute atomic E-state index is 0.0810. The van der Waals surface area contributed by atoms with E-state index in [9.17, 15) is 8.78 Å². The fourth-order valence-electron chi connectivity index (χ4n) is 1.21. The van der Waals surface area contributed by atoms with E-state index in [-0.39, 0.29) is 5.82 Å². The maximum absolute atomic E-state index is 12.5. The minimum atomic E-state index is -3.63. The summed E-state index contributed by atoms with van der Waals surface area (Å²) in [4.78, 5) is 3.48. The molecule has 0 saturated carbocycles. The summed E-state index contributed by atoms with van der Waals surface area (Å²) in [5, 5.41) is 2.77. The molecule has 1 aromatic heterocycles. The zero-order valence-corrected chi connectivity index (χ0v) is 8.30. The van der Waals surface area contributed by atoms with Gasteiger partial charge in [-0.2, -0.15) is 13.8 Å². The van der Waals surface area contributed by atoms with E-state index in [1.807, 2.05) is 0 Å². The Balaban J connectivity index is 2.12. The van der Waals surface area contributed by atoms with Gasteiger partial charge in [0.15, 0.2) is 0 Å². The Morgan fingerprint density at radius 2 is 2.33 bits per heavy atom. The molecule has 0 bridgehead atoms. The Morgan fingerprint density at radius 1 is 1.53 bits per heavy atom. The highest BCUT2D eigenvalue weighted by Gasteiger charge is 2.36. The maximum atomic E-state index is 12.5. The van der Waals surface area contributed by atoms with Crippen LogP contribution in [0.5, 0.6) is 0 Å². The Hall–Kier alpha value is -0.790. The lowest BCUT2D eigenvalue weighted by atomic mass is 10.3. The van der Waals surface area contributed by atoms with E-state index in [0.717, 1.165) is 0 Å². The SMILES string of the molecule is FC(F)(Cl)c1nc(C2CNCCO2)no1. The zero-order chi connectivity index (χ0) is 10.9. The Kier molecular flexibility index (Phi) is 2.85. The predicted molar refractivity (Wildman–Crippen MR) is 45.6 cm³/mol. The van der Waals surface area contributed by atoms with Crippen LogP contribution in [0.2, 0.25) is 0 Å². The number of alkyl halides is 3. The lowest BCUT2D eigenvalue weighted by Gasteiger charge is -2.20. The number of halogens is 3. The first-order valence-electron chi connectivity index (χ1n) is 4.30. The molecular weight excluding hydrogens is 232 g/mol. The monoisotopic (exact) mass is 239 g/mol. The van der Waals surface area contributed by atoms with Crippen LogP contribution in [0.4, 0.5) is 8.78 Å². The third-order valence-corrected chi connectivity index (χ3v) is 2.06. The molecule has 0 aromatic carbocycles. The Bertz CT molecular complexity index is 335. The maximum Gasteiger partial charge on any atom is 0.400 e. The van der Waals surface area contributed by atoms with Gasteiger partial charge in [0.25, 0.3) is 0 Å². The van der Waals surface area contributed by atoms with Crippen molar-refractivity contribution in [2.45, 2.75) is 11.5 Å². The van der Waals surface area contributed by atoms with Gasteiger partial charge in [0.05, 0.1) is 6.61 Å². The molecule has 2 heterocycles. The van der Waals surface area contributed by atoms with Crippen LogP contribution in [-0.4, -0.2) is 29.8 Å². The van der Waals surface area contributed by atoms with Crippen LogP contribution in [-0.2, 0) is 10.1 Å². The molecule has 0 radical (unpaired) electrons. The van der Waals surface area contributed by atoms with Crippen LogP contribution in [0.25, 0.3) is 0 Å². The van der Waals surface area contributed by atoms with Gasteiger partial charge in [0, 0.05) is 13.1 Å². The summed E-state index contributed by atoms with van der Waals surface area (Å²) in [5.41, 5.74) is 0. The second kappa shape index (κ2) is 3.99. The highest BCUT2D eigenvalue weighted by Crippen LogP contribution is 2.31. The van der Waals surface area contributed by atoms with Crippen LogP contribution in [0.15, 0.2) is 4.52 Å². The second-order valence-electron chi connectivity index (χ2n) is 3.02. The average Bonchev–Trinajstić information content (AvgIpc) is 2.67. The number of nitrogens with zero attached hydrogens (tertiary/aromatic N) is 2. The molecule has 15 heavy (non-hydrogen) atoms. The molecule has 5 nitrogen and oxygen atoms in total. The van der Waals surface area contributed by atoms with Gasteiger partial charge in [-0.15, -0.1) is 0 Å². The first-order valence-corrected chi connectivity index (χ1v) is 4.68. The number of aromatic nitrogens is 2. The summed E-state index contributed by atoms with van der Waals surface area (Å²) in [5.74, 6) is -0.828. The van der Waals surface area contributed by atoms with Crippen molar-refractivity contribution in [3.05, 3.63) is 11.7 Å². The average molecular weight is 240 g/mol. The third-order valence-electron chi connectivity index (χ3n) is 1.90. The summed E-state index contributed by atoms with van der Waals surface area (Å²) in [6.45, 7) is 1.66. The highest BCUT2D eigenvalue weighted by atomic mass is 35.5. The summed E-state index contributed by atoms with van der Waals surface area (Å²) in [6, 6.07) is 0. The predicted octanol–water partition coefficient (Wildman–Crippen LogP) is 1.02. The van der Waals surface area contributed by atoms with Crippen molar-refractivity contribution in [1.29, 1.82) is 0 Å². The summed E-state index contributed by atoms with van der Waals surface area (Å²) >= 11 is 4.72. The van der Waals surface area contributed by atoms with Crippen LogP contribution >= 0.6 is 11.6 Å². The second-order valence-corrected chi connectivity index (χ2v) is 3.49. The van der Waals surface area contributed by atoms with Crippen molar-refractivity contribution >= 4 is 11.6 Å². The number of morpholine rings is 1. The molecule has 1 saturated heterocycles. The molecule has 1 N–H and O–H groups in total. The molecule has 1 aliphatic heterocycles. The molecule has 0 spiro atoms. The quantitative estimate of drug-likeness (QED) is 0.781. The molecule has 0 aliphatic carbocycles. The third kappa shape index (κ3) is 2.42. The van der Waals surface area contributed by atoms with Gasteiger partial charge < -0.3 is 14.6 Å². The van der Waals surface area contributed by atoms with Crippen LogP contribution in [0, 0.1) is 0 Å². The van der Waals surface area contributed by atoms with Gasteiger partial charge in [0.2, 0.25) is 5.82 Å². The molecule has 1 unspecified atom stereocenters. The normalized spacial score (nSPS) is 23.0. The zero-order valence-electron chi connectivity index (χ0n) is 7.54. The molecular formula is C7H8ClF2N3O2. The van der Waals surface area contributed by atoms with Crippen LogP contribution in [0.3, 0.4) is 0 Å². The topological polar surface area (TPSA) is 60.2 Å². The van der Waals surface area contributed by atoms with Gasteiger partial charge in [-0.25, -0.2) is 0 Å².